The number of carbonyl (C=O) groups is 1. The predicted octanol–water partition coefficient (Wildman–Crippen LogP) is 5.53. The second-order valence-electron chi connectivity index (χ2n) is 4.71. The van der Waals surface area contributed by atoms with E-state index < -0.39 is 5.82 Å². The van der Waals surface area contributed by atoms with E-state index in [1.807, 2.05) is 19.1 Å². The van der Waals surface area contributed by atoms with Crippen LogP contribution in [0.25, 0.3) is 11.0 Å². The number of hydrogen-bond acceptors (Lipinski definition) is 2. The molecule has 0 amide bonds. The second-order valence-corrected chi connectivity index (χ2v) is 6.03. The lowest BCUT2D eigenvalue weighted by atomic mass is 10.1. The second kappa shape index (κ2) is 5.28. The van der Waals surface area contributed by atoms with Crippen molar-refractivity contribution < 1.29 is 13.6 Å². The van der Waals surface area contributed by atoms with E-state index in [1.54, 1.807) is 6.07 Å². The van der Waals surface area contributed by atoms with Crippen LogP contribution in [0.4, 0.5) is 4.39 Å². The van der Waals surface area contributed by atoms with Crippen LogP contribution in [0.5, 0.6) is 0 Å². The van der Waals surface area contributed by atoms with Crippen LogP contribution in [0.1, 0.15) is 21.7 Å². The number of rotatable bonds is 2. The van der Waals surface area contributed by atoms with Crippen molar-refractivity contribution in [1.82, 2.24) is 0 Å². The maximum atomic E-state index is 13.2. The van der Waals surface area contributed by atoms with Gasteiger partial charge >= 0.3 is 0 Å². The minimum absolute atomic E-state index is 0.0871. The monoisotopic (exact) mass is 366 g/mol. The lowest BCUT2D eigenvalue weighted by Crippen LogP contribution is -1.99. The van der Waals surface area contributed by atoms with Crippen molar-refractivity contribution in [2.45, 2.75) is 6.92 Å². The van der Waals surface area contributed by atoms with Gasteiger partial charge in [-0.05, 0) is 48.9 Å². The molecule has 2 nitrogen and oxygen atoms in total. The van der Waals surface area contributed by atoms with E-state index in [2.05, 4.69) is 15.9 Å². The molecule has 0 radical (unpaired) electrons. The van der Waals surface area contributed by atoms with Crippen LogP contribution in [0.3, 0.4) is 0 Å². The summed E-state index contributed by atoms with van der Waals surface area (Å²) in [6.07, 6.45) is 0. The number of ketones is 1. The molecule has 3 rings (SSSR count). The number of hydrogen-bond donors (Lipinski definition) is 0. The SMILES string of the molecule is Cc1cc(Br)cc2cc(C(=O)c3ccc(F)c(Cl)c3)oc12. The maximum absolute atomic E-state index is 13.2. The fourth-order valence-corrected chi connectivity index (χ4v) is 2.95. The van der Waals surface area contributed by atoms with Crippen molar-refractivity contribution in [3.05, 3.63) is 68.6 Å². The summed E-state index contributed by atoms with van der Waals surface area (Å²) in [5, 5.41) is 0.745. The standard InChI is InChI=1S/C16H9BrClFO2/c1-8-4-11(17)5-10-7-14(21-16(8)10)15(20)9-2-3-13(19)12(18)6-9/h2-7H,1H3. The first-order chi connectivity index (χ1) is 9.95. The highest BCUT2D eigenvalue weighted by Gasteiger charge is 2.17. The third-order valence-corrected chi connectivity index (χ3v) is 3.92. The molecule has 0 spiro atoms. The molecule has 0 aliphatic carbocycles. The summed E-state index contributed by atoms with van der Waals surface area (Å²) in [6, 6.07) is 9.32. The molecule has 0 fully saturated rings. The zero-order valence-corrected chi connectivity index (χ0v) is 13.3. The highest BCUT2D eigenvalue weighted by molar-refractivity contribution is 9.10. The largest absolute Gasteiger partial charge is 0.452 e. The Morgan fingerprint density at radius 1 is 1.24 bits per heavy atom. The third kappa shape index (κ3) is 2.61. The molecule has 2 aromatic carbocycles. The molecule has 0 atom stereocenters. The van der Waals surface area contributed by atoms with E-state index in [1.165, 1.54) is 18.2 Å². The average molecular weight is 368 g/mol. The number of carbonyl (C=O) groups excluding carboxylic acids is 1. The molecule has 0 unspecified atom stereocenters. The van der Waals surface area contributed by atoms with Gasteiger partial charge in [-0.25, -0.2) is 4.39 Å². The van der Waals surface area contributed by atoms with Gasteiger partial charge < -0.3 is 4.42 Å². The Hall–Kier alpha value is -1.65. The van der Waals surface area contributed by atoms with E-state index in [0.717, 1.165) is 15.4 Å². The van der Waals surface area contributed by atoms with Gasteiger partial charge in [0.1, 0.15) is 11.4 Å². The van der Waals surface area contributed by atoms with Crippen molar-refractivity contribution >= 4 is 44.3 Å². The minimum Gasteiger partial charge on any atom is -0.452 e. The minimum atomic E-state index is -0.558. The zero-order valence-electron chi connectivity index (χ0n) is 10.9. The highest BCUT2D eigenvalue weighted by atomic mass is 79.9. The Labute approximate surface area is 133 Å². The molecule has 0 saturated heterocycles. The van der Waals surface area contributed by atoms with Crippen molar-refractivity contribution in [3.8, 4) is 0 Å². The van der Waals surface area contributed by atoms with Crippen molar-refractivity contribution in [2.24, 2.45) is 0 Å². The number of aryl methyl sites for hydroxylation is 1. The number of halogens is 3. The zero-order chi connectivity index (χ0) is 15.1. The molecule has 0 bridgehead atoms. The smallest absolute Gasteiger partial charge is 0.228 e. The normalized spacial score (nSPS) is 11.0. The molecule has 1 aromatic heterocycles. The van der Waals surface area contributed by atoms with Gasteiger partial charge in [-0.2, -0.15) is 0 Å². The molecule has 5 heteroatoms. The van der Waals surface area contributed by atoms with Gasteiger partial charge in [0.15, 0.2) is 5.76 Å². The molecular formula is C16H9BrClFO2. The van der Waals surface area contributed by atoms with Gasteiger partial charge in [0.2, 0.25) is 5.78 Å². The maximum Gasteiger partial charge on any atom is 0.228 e. The molecule has 1 heterocycles. The quantitative estimate of drug-likeness (QED) is 0.558. The number of benzene rings is 2. The lowest BCUT2D eigenvalue weighted by Gasteiger charge is -1.99. The Kier molecular flexibility index (Phi) is 3.59. The lowest BCUT2D eigenvalue weighted by molar-refractivity contribution is 0.101. The fraction of sp³-hybridized carbons (Fsp3) is 0.0625. The van der Waals surface area contributed by atoms with Crippen LogP contribution in [0, 0.1) is 12.7 Å². The molecule has 0 aliphatic heterocycles. The fourth-order valence-electron chi connectivity index (χ4n) is 2.17. The first-order valence-corrected chi connectivity index (χ1v) is 7.32. The van der Waals surface area contributed by atoms with E-state index in [0.29, 0.717) is 5.58 Å². The summed E-state index contributed by atoms with van der Waals surface area (Å²) < 4.78 is 19.7. The Balaban J connectivity index is 2.09. The molecule has 21 heavy (non-hydrogen) atoms. The Bertz CT molecular complexity index is 870. The van der Waals surface area contributed by atoms with E-state index in [9.17, 15) is 9.18 Å². The summed E-state index contributed by atoms with van der Waals surface area (Å²) in [4.78, 5) is 12.4. The van der Waals surface area contributed by atoms with Crippen LogP contribution in [-0.2, 0) is 0 Å². The molecule has 0 saturated carbocycles. The van der Waals surface area contributed by atoms with Gasteiger partial charge in [0.05, 0.1) is 5.02 Å². The van der Waals surface area contributed by atoms with Gasteiger partial charge in [0, 0.05) is 15.4 Å². The molecule has 0 N–H and O–H groups in total. The summed E-state index contributed by atoms with van der Waals surface area (Å²) >= 11 is 9.11. The summed E-state index contributed by atoms with van der Waals surface area (Å²) in [5.41, 5.74) is 1.88. The van der Waals surface area contributed by atoms with Crippen LogP contribution in [0.15, 0.2) is 45.3 Å². The van der Waals surface area contributed by atoms with Crippen molar-refractivity contribution in [2.75, 3.05) is 0 Å². The van der Waals surface area contributed by atoms with E-state index in [4.69, 9.17) is 16.0 Å². The van der Waals surface area contributed by atoms with Crippen LogP contribution < -0.4 is 0 Å². The first-order valence-electron chi connectivity index (χ1n) is 6.15. The Morgan fingerprint density at radius 2 is 2.00 bits per heavy atom. The Morgan fingerprint density at radius 3 is 2.71 bits per heavy atom. The van der Waals surface area contributed by atoms with E-state index in [-0.39, 0.29) is 22.1 Å². The summed E-state index contributed by atoms with van der Waals surface area (Å²) in [7, 11) is 0. The number of fused-ring (bicyclic) bond motifs is 1. The van der Waals surface area contributed by atoms with Crippen molar-refractivity contribution in [1.29, 1.82) is 0 Å². The van der Waals surface area contributed by atoms with Crippen LogP contribution in [0.2, 0.25) is 5.02 Å². The molecule has 3 aromatic rings. The van der Waals surface area contributed by atoms with Crippen LogP contribution >= 0.6 is 27.5 Å². The van der Waals surface area contributed by atoms with Gasteiger partial charge in [-0.3, -0.25) is 4.79 Å². The van der Waals surface area contributed by atoms with E-state index >= 15 is 0 Å². The number of furan rings is 1. The highest BCUT2D eigenvalue weighted by Crippen LogP contribution is 2.28. The van der Waals surface area contributed by atoms with Crippen molar-refractivity contribution in [3.63, 3.8) is 0 Å². The summed E-state index contributed by atoms with van der Waals surface area (Å²) in [5.74, 6) is -0.685. The molecular weight excluding hydrogens is 359 g/mol. The topological polar surface area (TPSA) is 30.2 Å². The molecule has 106 valence electrons. The predicted molar refractivity (Wildman–Crippen MR) is 83.5 cm³/mol. The van der Waals surface area contributed by atoms with Crippen LogP contribution in [-0.4, -0.2) is 5.78 Å². The average Bonchev–Trinajstić information content (AvgIpc) is 2.85. The van der Waals surface area contributed by atoms with Gasteiger partial charge in [0.25, 0.3) is 0 Å². The summed E-state index contributed by atoms with van der Waals surface area (Å²) in [6.45, 7) is 1.90. The first kappa shape index (κ1) is 14.3. The van der Waals surface area contributed by atoms with Gasteiger partial charge in [-0.15, -0.1) is 0 Å². The van der Waals surface area contributed by atoms with Gasteiger partial charge in [-0.1, -0.05) is 27.5 Å². The third-order valence-electron chi connectivity index (χ3n) is 3.17. The molecule has 0 aliphatic rings.